The second kappa shape index (κ2) is 10.6. The fourth-order valence-corrected chi connectivity index (χ4v) is 3.54. The molecule has 3 rings (SSSR count). The zero-order chi connectivity index (χ0) is 20.1. The third-order valence-electron chi connectivity index (χ3n) is 4.50. The molecule has 0 saturated carbocycles. The Labute approximate surface area is 188 Å². The minimum atomic E-state index is -0.117. The fraction of sp³-hybridized carbons (Fsp3) is 0.125. The first kappa shape index (κ1) is 23.2. The zero-order valence-electron chi connectivity index (χ0n) is 16.1. The van der Waals surface area contributed by atoms with Crippen LogP contribution in [0, 0.1) is 0 Å². The maximum absolute atomic E-state index is 12.7. The average Bonchev–Trinajstić information content (AvgIpc) is 2.68. The van der Waals surface area contributed by atoms with Crippen LogP contribution in [0.25, 0.3) is 11.1 Å². The van der Waals surface area contributed by atoms with Gasteiger partial charge in [0.25, 0.3) is 0 Å². The van der Waals surface area contributed by atoms with Crippen molar-refractivity contribution in [2.24, 2.45) is 0 Å². The van der Waals surface area contributed by atoms with Gasteiger partial charge in [-0.05, 0) is 41.9 Å². The van der Waals surface area contributed by atoms with Gasteiger partial charge in [-0.3, -0.25) is 9.69 Å². The Hall–Kier alpha value is -2.10. The van der Waals surface area contributed by atoms with Crippen LogP contribution in [0.3, 0.4) is 0 Å². The van der Waals surface area contributed by atoms with Crippen LogP contribution in [0.4, 0.5) is 0 Å². The largest absolute Gasteiger partial charge is 0.298 e. The van der Waals surface area contributed by atoms with Gasteiger partial charge in [0.05, 0.1) is 5.02 Å². The third-order valence-corrected chi connectivity index (χ3v) is 5.05. The van der Waals surface area contributed by atoms with E-state index in [1.54, 1.807) is 18.2 Å². The van der Waals surface area contributed by atoms with E-state index in [0.717, 1.165) is 24.2 Å². The van der Waals surface area contributed by atoms with Gasteiger partial charge in [-0.2, -0.15) is 0 Å². The summed E-state index contributed by atoms with van der Waals surface area (Å²) in [5, 5.41) is 0.870. The van der Waals surface area contributed by atoms with E-state index >= 15 is 0 Å². The Morgan fingerprint density at radius 2 is 1.55 bits per heavy atom. The molecule has 3 aromatic rings. The van der Waals surface area contributed by atoms with Gasteiger partial charge in [0.1, 0.15) is 0 Å². The monoisotopic (exact) mass is 445 g/mol. The molecule has 0 N–H and O–H groups in total. The van der Waals surface area contributed by atoms with Crippen LogP contribution in [-0.4, -0.2) is 24.3 Å². The van der Waals surface area contributed by atoms with Crippen LogP contribution in [0.1, 0.15) is 21.5 Å². The molecule has 0 atom stereocenters. The van der Waals surface area contributed by atoms with E-state index in [1.807, 2.05) is 30.3 Å². The first-order chi connectivity index (χ1) is 13.5. The molecule has 0 saturated heterocycles. The predicted molar refractivity (Wildman–Crippen MR) is 126 cm³/mol. The molecule has 150 valence electrons. The van der Waals surface area contributed by atoms with Crippen LogP contribution in [-0.2, 0) is 6.54 Å². The first-order valence-corrected chi connectivity index (χ1v) is 9.72. The van der Waals surface area contributed by atoms with Gasteiger partial charge in [-0.15, -0.1) is 19.0 Å². The van der Waals surface area contributed by atoms with Crippen LogP contribution in [0.2, 0.25) is 10.0 Å². The SMILES string of the molecule is C=CCN(C)Cc1ccc(-c2ccc(C(=O)c3ccc(Cl)cc3Cl)cc2)cc1.Cl. The van der Waals surface area contributed by atoms with Crippen molar-refractivity contribution in [3.63, 3.8) is 0 Å². The number of hydrogen-bond donors (Lipinski definition) is 0. The first-order valence-electron chi connectivity index (χ1n) is 8.96. The average molecular weight is 447 g/mol. The molecule has 0 heterocycles. The minimum absolute atomic E-state index is 0. The highest BCUT2D eigenvalue weighted by atomic mass is 35.5. The number of halogens is 3. The van der Waals surface area contributed by atoms with Gasteiger partial charge in [0, 0.05) is 29.2 Å². The van der Waals surface area contributed by atoms with E-state index in [9.17, 15) is 4.79 Å². The molecule has 0 aliphatic rings. The lowest BCUT2D eigenvalue weighted by Gasteiger charge is -2.14. The molecule has 0 unspecified atom stereocenters. The summed E-state index contributed by atoms with van der Waals surface area (Å²) in [5.74, 6) is -0.117. The summed E-state index contributed by atoms with van der Waals surface area (Å²) in [6.07, 6.45) is 1.90. The highest BCUT2D eigenvalue weighted by Gasteiger charge is 2.13. The molecule has 0 aliphatic heterocycles. The van der Waals surface area contributed by atoms with Crippen LogP contribution < -0.4 is 0 Å². The number of rotatable bonds is 7. The molecule has 3 aromatic carbocycles. The Kier molecular flexibility index (Phi) is 8.48. The molecule has 29 heavy (non-hydrogen) atoms. The maximum Gasteiger partial charge on any atom is 0.194 e. The van der Waals surface area contributed by atoms with Gasteiger partial charge < -0.3 is 0 Å². The van der Waals surface area contributed by atoms with Gasteiger partial charge in [0.2, 0.25) is 0 Å². The van der Waals surface area contributed by atoms with Crippen molar-refractivity contribution in [2.75, 3.05) is 13.6 Å². The van der Waals surface area contributed by atoms with Gasteiger partial charge in [-0.1, -0.05) is 77.8 Å². The lowest BCUT2D eigenvalue weighted by Crippen LogP contribution is -2.17. The lowest BCUT2D eigenvalue weighted by atomic mass is 9.99. The minimum Gasteiger partial charge on any atom is -0.298 e. The fourth-order valence-electron chi connectivity index (χ4n) is 3.04. The Balaban J connectivity index is 0.00000300. The molecular weight excluding hydrogens is 425 g/mol. The number of carbonyl (C=O) groups is 1. The molecule has 0 amide bonds. The predicted octanol–water partition coefficient (Wildman–Crippen LogP) is 6.93. The van der Waals surface area contributed by atoms with Crippen molar-refractivity contribution in [3.8, 4) is 11.1 Å². The summed E-state index contributed by atoms with van der Waals surface area (Å²) in [6.45, 7) is 5.50. The zero-order valence-corrected chi connectivity index (χ0v) is 18.4. The third kappa shape index (κ3) is 5.94. The number of likely N-dealkylation sites (N-methyl/N-ethyl adjacent to an activating group) is 1. The Bertz CT molecular complexity index is 982. The molecular formula is C24H22Cl3NO. The highest BCUT2D eigenvalue weighted by Crippen LogP contribution is 2.25. The second-order valence-corrected chi connectivity index (χ2v) is 7.56. The summed E-state index contributed by atoms with van der Waals surface area (Å²) in [5.41, 5.74) is 4.46. The molecule has 0 bridgehead atoms. The number of ketones is 1. The number of benzene rings is 3. The van der Waals surface area contributed by atoms with E-state index in [-0.39, 0.29) is 18.2 Å². The molecule has 0 aromatic heterocycles. The maximum atomic E-state index is 12.7. The number of hydrogen-bond acceptors (Lipinski definition) is 2. The van der Waals surface area contributed by atoms with Crippen molar-refractivity contribution in [1.82, 2.24) is 4.90 Å². The Morgan fingerprint density at radius 3 is 2.10 bits per heavy atom. The van der Waals surface area contributed by atoms with Crippen molar-refractivity contribution in [3.05, 3.63) is 106 Å². The van der Waals surface area contributed by atoms with E-state index in [2.05, 4.69) is 42.8 Å². The highest BCUT2D eigenvalue weighted by molar-refractivity contribution is 6.37. The molecule has 0 aliphatic carbocycles. The van der Waals surface area contributed by atoms with Crippen molar-refractivity contribution < 1.29 is 4.79 Å². The second-order valence-electron chi connectivity index (χ2n) is 6.71. The summed E-state index contributed by atoms with van der Waals surface area (Å²) in [6, 6.07) is 20.9. The van der Waals surface area contributed by atoms with Gasteiger partial charge >= 0.3 is 0 Å². The molecule has 0 radical (unpaired) electrons. The van der Waals surface area contributed by atoms with Crippen molar-refractivity contribution >= 4 is 41.4 Å². The van der Waals surface area contributed by atoms with E-state index in [1.165, 1.54) is 5.56 Å². The molecule has 0 fully saturated rings. The van der Waals surface area contributed by atoms with Gasteiger partial charge in [-0.25, -0.2) is 0 Å². The van der Waals surface area contributed by atoms with E-state index < -0.39 is 0 Å². The van der Waals surface area contributed by atoms with Gasteiger partial charge in [0.15, 0.2) is 5.78 Å². The van der Waals surface area contributed by atoms with Crippen molar-refractivity contribution in [1.29, 1.82) is 0 Å². The van der Waals surface area contributed by atoms with E-state index in [0.29, 0.717) is 21.2 Å². The quantitative estimate of drug-likeness (QED) is 0.290. The van der Waals surface area contributed by atoms with E-state index in [4.69, 9.17) is 23.2 Å². The van der Waals surface area contributed by atoms with Crippen molar-refractivity contribution in [2.45, 2.75) is 6.54 Å². The standard InChI is InChI=1S/C24H21Cl2NO.ClH/c1-3-14-27(2)16-17-4-6-18(7-5-17)19-8-10-20(11-9-19)24(28)22-13-12-21(25)15-23(22)26;/h3-13,15H,1,14,16H2,2H3;1H. The summed E-state index contributed by atoms with van der Waals surface area (Å²) in [7, 11) is 2.07. The number of nitrogens with zero attached hydrogens (tertiary/aromatic N) is 1. The molecule has 0 spiro atoms. The summed E-state index contributed by atoms with van der Waals surface area (Å²) < 4.78 is 0. The smallest absolute Gasteiger partial charge is 0.194 e. The summed E-state index contributed by atoms with van der Waals surface area (Å²) >= 11 is 12.1. The normalized spacial score (nSPS) is 10.5. The molecule has 5 heteroatoms. The van der Waals surface area contributed by atoms with Crippen LogP contribution >= 0.6 is 35.6 Å². The number of carbonyl (C=O) groups excluding carboxylic acids is 1. The molecule has 2 nitrogen and oxygen atoms in total. The van der Waals surface area contributed by atoms with Crippen LogP contribution in [0.5, 0.6) is 0 Å². The van der Waals surface area contributed by atoms with Crippen LogP contribution in [0.15, 0.2) is 79.4 Å². The summed E-state index contributed by atoms with van der Waals surface area (Å²) in [4.78, 5) is 14.9. The lowest BCUT2D eigenvalue weighted by molar-refractivity contribution is 0.103. The Morgan fingerprint density at radius 1 is 0.966 bits per heavy atom. The topological polar surface area (TPSA) is 20.3 Å².